The lowest BCUT2D eigenvalue weighted by Crippen LogP contribution is -2.30. The Morgan fingerprint density at radius 1 is 1.33 bits per heavy atom. The van der Waals surface area contributed by atoms with Gasteiger partial charge in [0.05, 0.1) is 5.69 Å². The van der Waals surface area contributed by atoms with E-state index in [4.69, 9.17) is 11.6 Å². The first-order valence-corrected chi connectivity index (χ1v) is 10.8. The highest BCUT2D eigenvalue weighted by molar-refractivity contribution is 7.99. The highest BCUT2D eigenvalue weighted by atomic mass is 35.5. The molecule has 1 atom stereocenters. The first-order chi connectivity index (χ1) is 14.5. The summed E-state index contributed by atoms with van der Waals surface area (Å²) in [5.41, 5.74) is 2.60. The van der Waals surface area contributed by atoms with Gasteiger partial charge >= 0.3 is 0 Å². The number of hydrogen-bond acceptors (Lipinski definition) is 4. The fourth-order valence-corrected chi connectivity index (χ4v) is 4.45. The van der Waals surface area contributed by atoms with Crippen molar-refractivity contribution in [3.63, 3.8) is 0 Å². The van der Waals surface area contributed by atoms with Crippen LogP contribution in [0, 0.1) is 5.92 Å². The van der Waals surface area contributed by atoms with Crippen LogP contribution in [-0.2, 0) is 23.1 Å². The molecule has 0 aliphatic carbocycles. The summed E-state index contributed by atoms with van der Waals surface area (Å²) in [5, 5.41) is 7.22. The van der Waals surface area contributed by atoms with Crippen LogP contribution in [0.3, 0.4) is 0 Å². The van der Waals surface area contributed by atoms with Crippen molar-refractivity contribution in [2.75, 3.05) is 10.6 Å². The van der Waals surface area contributed by atoms with Crippen LogP contribution >= 0.6 is 23.4 Å². The van der Waals surface area contributed by atoms with Crippen molar-refractivity contribution >= 4 is 46.6 Å². The molecule has 0 fully saturated rings. The molecule has 1 aromatic heterocycles. The molecule has 0 saturated heterocycles. The Hall–Kier alpha value is -2.77. The number of carbonyl (C=O) groups is 2. The molecule has 2 heterocycles. The first-order valence-electron chi connectivity index (χ1n) is 9.63. The lowest BCUT2D eigenvalue weighted by atomic mass is 9.89. The summed E-state index contributed by atoms with van der Waals surface area (Å²) in [6.45, 7) is 0. The van der Waals surface area contributed by atoms with E-state index in [1.165, 1.54) is 11.8 Å². The second kappa shape index (κ2) is 8.93. The van der Waals surface area contributed by atoms with Crippen LogP contribution in [-0.4, -0.2) is 21.4 Å². The minimum atomic E-state index is -0.216. The number of carbonyl (C=O) groups excluding carboxylic acids is 2. The van der Waals surface area contributed by atoms with E-state index in [-0.39, 0.29) is 24.2 Å². The molecule has 4 rings (SSSR count). The van der Waals surface area contributed by atoms with Crippen LogP contribution < -0.4 is 10.6 Å². The average Bonchev–Trinajstić information content (AvgIpc) is 3.13. The van der Waals surface area contributed by atoms with E-state index in [9.17, 15) is 9.59 Å². The van der Waals surface area contributed by atoms with Crippen LogP contribution in [0.2, 0.25) is 5.02 Å². The standard InChI is InChI=1S/C22H21ClN4O2S/c1-27-11-10-24-22(27)30-19-8-7-16(23)13-18(19)25-20(28)9-6-15-12-14-4-2-3-5-17(14)26-21(15)29/h2-5,7-8,10-11,13,15H,6,9,12H2,1H3,(H,25,28)(H,26,29). The van der Waals surface area contributed by atoms with Gasteiger partial charge in [0.2, 0.25) is 11.8 Å². The van der Waals surface area contributed by atoms with Gasteiger partial charge in [0.25, 0.3) is 0 Å². The maximum Gasteiger partial charge on any atom is 0.227 e. The smallest absolute Gasteiger partial charge is 0.227 e. The molecule has 1 aliphatic rings. The van der Waals surface area contributed by atoms with Crippen molar-refractivity contribution in [2.45, 2.75) is 29.3 Å². The van der Waals surface area contributed by atoms with Gasteiger partial charge < -0.3 is 15.2 Å². The van der Waals surface area contributed by atoms with E-state index in [2.05, 4.69) is 15.6 Å². The van der Waals surface area contributed by atoms with E-state index in [0.717, 1.165) is 21.3 Å². The summed E-state index contributed by atoms with van der Waals surface area (Å²) >= 11 is 7.60. The summed E-state index contributed by atoms with van der Waals surface area (Å²) in [6, 6.07) is 13.1. The maximum atomic E-state index is 12.6. The fourth-order valence-electron chi connectivity index (χ4n) is 3.40. The van der Waals surface area contributed by atoms with Gasteiger partial charge in [-0.05, 0) is 54.4 Å². The van der Waals surface area contributed by atoms with Crippen molar-refractivity contribution in [2.24, 2.45) is 13.0 Å². The zero-order valence-corrected chi connectivity index (χ0v) is 18.0. The molecule has 0 spiro atoms. The highest BCUT2D eigenvalue weighted by Crippen LogP contribution is 2.34. The minimum absolute atomic E-state index is 0.0321. The second-order valence-corrected chi connectivity index (χ2v) is 8.64. The molecule has 3 aromatic rings. The quantitative estimate of drug-likeness (QED) is 0.579. The fraction of sp³-hybridized carbons (Fsp3) is 0.227. The third-order valence-corrected chi connectivity index (χ3v) is 6.41. The number of aromatic nitrogens is 2. The molecule has 1 unspecified atom stereocenters. The topological polar surface area (TPSA) is 76.0 Å². The molecule has 2 amide bonds. The zero-order chi connectivity index (χ0) is 21.1. The number of hydrogen-bond donors (Lipinski definition) is 2. The Bertz CT molecular complexity index is 1100. The number of nitrogens with zero attached hydrogens (tertiary/aromatic N) is 2. The molecular weight excluding hydrogens is 420 g/mol. The van der Waals surface area contributed by atoms with Gasteiger partial charge in [0.1, 0.15) is 0 Å². The lowest BCUT2D eigenvalue weighted by molar-refractivity contribution is -0.121. The van der Waals surface area contributed by atoms with E-state index >= 15 is 0 Å². The summed E-state index contributed by atoms with van der Waals surface area (Å²) in [5.74, 6) is -0.396. The van der Waals surface area contributed by atoms with Crippen LogP contribution in [0.1, 0.15) is 18.4 Å². The molecule has 0 bridgehead atoms. The van der Waals surface area contributed by atoms with Crippen LogP contribution in [0.25, 0.3) is 0 Å². The summed E-state index contributed by atoms with van der Waals surface area (Å²) in [4.78, 5) is 30.2. The molecule has 0 radical (unpaired) electrons. The number of para-hydroxylation sites is 1. The van der Waals surface area contributed by atoms with E-state index < -0.39 is 0 Å². The molecule has 1 aliphatic heterocycles. The van der Waals surface area contributed by atoms with Crippen LogP contribution in [0.4, 0.5) is 11.4 Å². The number of rotatable bonds is 6. The van der Waals surface area contributed by atoms with Gasteiger partial charge in [-0.25, -0.2) is 4.98 Å². The number of anilines is 2. The number of imidazole rings is 1. The van der Waals surface area contributed by atoms with E-state index in [1.54, 1.807) is 18.3 Å². The monoisotopic (exact) mass is 440 g/mol. The Balaban J connectivity index is 1.40. The molecular formula is C22H21ClN4O2S. The van der Waals surface area contributed by atoms with Gasteiger partial charge in [-0.2, -0.15) is 0 Å². The average molecular weight is 441 g/mol. The number of benzene rings is 2. The third kappa shape index (κ3) is 4.68. The van der Waals surface area contributed by atoms with Crippen molar-refractivity contribution in [1.29, 1.82) is 0 Å². The Labute approximate surface area is 184 Å². The zero-order valence-electron chi connectivity index (χ0n) is 16.4. The largest absolute Gasteiger partial charge is 0.329 e. The van der Waals surface area contributed by atoms with Gasteiger partial charge in [-0.3, -0.25) is 9.59 Å². The van der Waals surface area contributed by atoms with Gasteiger partial charge in [-0.15, -0.1) is 0 Å². The predicted molar refractivity (Wildman–Crippen MR) is 119 cm³/mol. The van der Waals surface area contributed by atoms with Crippen LogP contribution in [0.15, 0.2) is 64.9 Å². The molecule has 154 valence electrons. The second-order valence-electron chi connectivity index (χ2n) is 7.20. The van der Waals surface area contributed by atoms with E-state index in [0.29, 0.717) is 23.6 Å². The van der Waals surface area contributed by atoms with Crippen LogP contribution in [0.5, 0.6) is 0 Å². The molecule has 2 N–H and O–H groups in total. The Morgan fingerprint density at radius 3 is 2.97 bits per heavy atom. The number of nitrogens with one attached hydrogen (secondary N) is 2. The first kappa shape index (κ1) is 20.5. The molecule has 30 heavy (non-hydrogen) atoms. The predicted octanol–water partition coefficient (Wildman–Crippen LogP) is 4.75. The minimum Gasteiger partial charge on any atom is -0.329 e. The number of fused-ring (bicyclic) bond motifs is 1. The summed E-state index contributed by atoms with van der Waals surface area (Å²) in [7, 11) is 1.91. The summed E-state index contributed by atoms with van der Waals surface area (Å²) < 4.78 is 1.91. The number of aryl methyl sites for hydroxylation is 1. The Kier molecular flexibility index (Phi) is 6.11. The van der Waals surface area contributed by atoms with Crippen molar-refractivity contribution < 1.29 is 9.59 Å². The van der Waals surface area contributed by atoms with Gasteiger partial charge in [-0.1, -0.05) is 29.8 Å². The number of amides is 2. The molecule has 0 saturated carbocycles. The van der Waals surface area contributed by atoms with Crippen molar-refractivity contribution in [1.82, 2.24) is 9.55 Å². The third-order valence-electron chi connectivity index (χ3n) is 5.03. The van der Waals surface area contributed by atoms with Crippen molar-refractivity contribution in [3.8, 4) is 0 Å². The SMILES string of the molecule is Cn1ccnc1Sc1ccc(Cl)cc1NC(=O)CCC1Cc2ccccc2NC1=O. The molecule has 8 heteroatoms. The highest BCUT2D eigenvalue weighted by Gasteiger charge is 2.26. The van der Waals surface area contributed by atoms with E-state index in [1.807, 2.05) is 48.1 Å². The number of halogens is 1. The molecule has 6 nitrogen and oxygen atoms in total. The Morgan fingerprint density at radius 2 is 2.17 bits per heavy atom. The normalized spacial score (nSPS) is 15.4. The summed E-state index contributed by atoms with van der Waals surface area (Å²) in [6.07, 6.45) is 4.97. The van der Waals surface area contributed by atoms with Gasteiger partial charge in [0, 0.05) is 47.4 Å². The lowest BCUT2D eigenvalue weighted by Gasteiger charge is -2.24. The van der Waals surface area contributed by atoms with Crippen molar-refractivity contribution in [3.05, 3.63) is 65.4 Å². The maximum absolute atomic E-state index is 12.6. The molecule has 2 aromatic carbocycles. The van der Waals surface area contributed by atoms with Gasteiger partial charge in [0.15, 0.2) is 5.16 Å².